The first-order valence-corrected chi connectivity index (χ1v) is 5.47. The molecule has 0 radical (unpaired) electrons. The van der Waals surface area contributed by atoms with Gasteiger partial charge >= 0.3 is 0 Å². The maximum atomic E-state index is 11.6. The van der Waals surface area contributed by atoms with Gasteiger partial charge < -0.3 is 9.84 Å². The molecule has 1 aromatic heterocycles. The first kappa shape index (κ1) is 10.2. The molecule has 1 fully saturated rings. The predicted octanol–water partition coefficient (Wildman–Crippen LogP) is 1.90. The van der Waals surface area contributed by atoms with Crippen LogP contribution in [-0.4, -0.2) is 17.6 Å². The number of rotatable bonds is 3. The normalized spacial score (nSPS) is 16.9. The average molecular weight is 208 g/mol. The van der Waals surface area contributed by atoms with Crippen molar-refractivity contribution in [3.63, 3.8) is 0 Å². The number of nitrogens with zero attached hydrogens (tertiary/aromatic N) is 1. The number of amides is 1. The summed E-state index contributed by atoms with van der Waals surface area (Å²) < 4.78 is 4.88. The monoisotopic (exact) mass is 208 g/mol. The number of aromatic nitrogens is 1. The van der Waals surface area contributed by atoms with Gasteiger partial charge in [-0.25, -0.2) is 0 Å². The van der Waals surface area contributed by atoms with Crippen LogP contribution in [-0.2, 0) is 0 Å². The Kier molecular flexibility index (Phi) is 3.04. The first-order valence-electron chi connectivity index (χ1n) is 5.47. The summed E-state index contributed by atoms with van der Waals surface area (Å²) >= 11 is 0. The van der Waals surface area contributed by atoms with Crippen molar-refractivity contribution >= 4 is 5.91 Å². The molecule has 0 aliphatic heterocycles. The quantitative estimate of drug-likeness (QED) is 0.825. The zero-order valence-corrected chi connectivity index (χ0v) is 8.95. The van der Waals surface area contributed by atoms with Crippen LogP contribution in [0.15, 0.2) is 10.6 Å². The highest BCUT2D eigenvalue weighted by Crippen LogP contribution is 2.23. The summed E-state index contributed by atoms with van der Waals surface area (Å²) in [6, 6.07) is 1.66. The summed E-state index contributed by atoms with van der Waals surface area (Å²) in [7, 11) is 0. The molecule has 0 unspecified atom stereocenters. The highest BCUT2D eigenvalue weighted by molar-refractivity contribution is 5.91. The second-order valence-electron chi connectivity index (χ2n) is 4.19. The minimum absolute atomic E-state index is 0.150. The predicted molar refractivity (Wildman–Crippen MR) is 55.5 cm³/mol. The molecule has 1 heterocycles. The summed E-state index contributed by atoms with van der Waals surface area (Å²) in [4.78, 5) is 11.6. The van der Waals surface area contributed by atoms with Crippen LogP contribution in [0.4, 0.5) is 0 Å². The maximum Gasteiger partial charge on any atom is 0.289 e. The van der Waals surface area contributed by atoms with E-state index in [1.807, 2.05) is 0 Å². The average Bonchev–Trinajstić information content (AvgIpc) is 2.84. The fourth-order valence-electron chi connectivity index (χ4n) is 2.01. The Balaban J connectivity index is 1.81. The van der Waals surface area contributed by atoms with Gasteiger partial charge in [-0.2, -0.15) is 0 Å². The van der Waals surface area contributed by atoms with Gasteiger partial charge in [0.15, 0.2) is 0 Å². The molecule has 0 bridgehead atoms. The molecule has 4 nitrogen and oxygen atoms in total. The van der Waals surface area contributed by atoms with E-state index in [0.29, 0.717) is 11.7 Å². The van der Waals surface area contributed by atoms with E-state index in [1.165, 1.54) is 25.7 Å². The van der Waals surface area contributed by atoms with E-state index >= 15 is 0 Å². The van der Waals surface area contributed by atoms with Crippen molar-refractivity contribution in [1.82, 2.24) is 10.5 Å². The molecule has 0 saturated heterocycles. The molecule has 0 spiro atoms. The van der Waals surface area contributed by atoms with Gasteiger partial charge in [0.2, 0.25) is 5.76 Å². The largest absolute Gasteiger partial charge is 0.351 e. The van der Waals surface area contributed by atoms with E-state index in [4.69, 9.17) is 4.52 Å². The van der Waals surface area contributed by atoms with Crippen molar-refractivity contribution in [2.45, 2.75) is 32.6 Å². The number of carbonyl (C=O) groups excluding carboxylic acids is 1. The van der Waals surface area contributed by atoms with E-state index < -0.39 is 0 Å². The molecule has 82 valence electrons. The van der Waals surface area contributed by atoms with Gasteiger partial charge in [-0.05, 0) is 25.7 Å². The van der Waals surface area contributed by atoms with Crippen molar-refractivity contribution in [3.8, 4) is 0 Å². The van der Waals surface area contributed by atoms with Crippen LogP contribution in [0.25, 0.3) is 0 Å². The van der Waals surface area contributed by atoms with Crippen LogP contribution in [0.1, 0.15) is 41.9 Å². The molecule has 1 aliphatic rings. The van der Waals surface area contributed by atoms with Crippen molar-refractivity contribution in [1.29, 1.82) is 0 Å². The summed E-state index contributed by atoms with van der Waals surface area (Å²) in [5.74, 6) is 0.811. The Morgan fingerprint density at radius 1 is 1.60 bits per heavy atom. The lowest BCUT2D eigenvalue weighted by molar-refractivity contribution is 0.0910. The summed E-state index contributed by atoms with van der Waals surface area (Å²) in [6.45, 7) is 2.57. The lowest BCUT2D eigenvalue weighted by atomic mass is 10.1. The van der Waals surface area contributed by atoms with Crippen molar-refractivity contribution in [2.24, 2.45) is 5.92 Å². The minimum atomic E-state index is -0.150. The molecule has 1 saturated carbocycles. The number of nitrogens with one attached hydrogen (secondary N) is 1. The smallest absolute Gasteiger partial charge is 0.289 e. The van der Waals surface area contributed by atoms with Crippen LogP contribution in [0.2, 0.25) is 0 Å². The number of hydrogen-bond donors (Lipinski definition) is 1. The van der Waals surface area contributed by atoms with Crippen molar-refractivity contribution in [3.05, 3.63) is 17.5 Å². The van der Waals surface area contributed by atoms with Gasteiger partial charge in [-0.3, -0.25) is 4.79 Å². The fraction of sp³-hybridized carbons (Fsp3) is 0.636. The fourth-order valence-corrected chi connectivity index (χ4v) is 2.01. The van der Waals surface area contributed by atoms with Crippen molar-refractivity contribution < 1.29 is 9.32 Å². The second-order valence-corrected chi connectivity index (χ2v) is 4.19. The topological polar surface area (TPSA) is 55.1 Å². The van der Waals surface area contributed by atoms with Crippen LogP contribution in [0, 0.1) is 12.8 Å². The van der Waals surface area contributed by atoms with E-state index in [9.17, 15) is 4.79 Å². The third kappa shape index (κ3) is 2.58. The standard InChI is InChI=1S/C11H16N2O2/c1-8-6-10(15-13-8)11(14)12-7-9-4-2-3-5-9/h6,9H,2-5,7H2,1H3,(H,12,14). The molecule has 2 rings (SSSR count). The minimum Gasteiger partial charge on any atom is -0.351 e. The number of carbonyl (C=O) groups is 1. The van der Waals surface area contributed by atoms with E-state index in [-0.39, 0.29) is 5.91 Å². The Bertz CT molecular complexity index is 340. The van der Waals surface area contributed by atoms with Crippen LogP contribution >= 0.6 is 0 Å². The molecule has 1 aromatic rings. The highest BCUT2D eigenvalue weighted by Gasteiger charge is 2.17. The Hall–Kier alpha value is -1.32. The van der Waals surface area contributed by atoms with Crippen LogP contribution < -0.4 is 5.32 Å². The second kappa shape index (κ2) is 4.47. The van der Waals surface area contributed by atoms with Gasteiger partial charge in [-0.1, -0.05) is 18.0 Å². The summed E-state index contributed by atoms with van der Waals surface area (Å²) in [5.41, 5.74) is 0.737. The molecule has 1 aliphatic carbocycles. The Morgan fingerprint density at radius 2 is 2.33 bits per heavy atom. The summed E-state index contributed by atoms with van der Waals surface area (Å²) in [5, 5.41) is 6.56. The zero-order chi connectivity index (χ0) is 10.7. The van der Waals surface area contributed by atoms with E-state index in [2.05, 4.69) is 10.5 Å². The highest BCUT2D eigenvalue weighted by atomic mass is 16.5. The van der Waals surface area contributed by atoms with Crippen molar-refractivity contribution in [2.75, 3.05) is 6.54 Å². The number of hydrogen-bond acceptors (Lipinski definition) is 3. The molecule has 0 aromatic carbocycles. The third-order valence-electron chi connectivity index (χ3n) is 2.88. The molecule has 0 atom stereocenters. The van der Waals surface area contributed by atoms with Crippen LogP contribution in [0.5, 0.6) is 0 Å². The SMILES string of the molecule is Cc1cc(C(=O)NCC2CCCC2)on1. The maximum absolute atomic E-state index is 11.6. The molecule has 1 N–H and O–H groups in total. The van der Waals surface area contributed by atoms with E-state index in [0.717, 1.165) is 12.2 Å². The third-order valence-corrected chi connectivity index (χ3v) is 2.88. The zero-order valence-electron chi connectivity index (χ0n) is 8.95. The van der Waals surface area contributed by atoms with Crippen LogP contribution in [0.3, 0.4) is 0 Å². The Labute approximate surface area is 89.0 Å². The molecular weight excluding hydrogens is 192 g/mol. The first-order chi connectivity index (χ1) is 7.25. The summed E-state index contributed by atoms with van der Waals surface area (Å²) in [6.07, 6.45) is 5.05. The lowest BCUT2D eigenvalue weighted by Gasteiger charge is -2.08. The van der Waals surface area contributed by atoms with Gasteiger partial charge in [-0.15, -0.1) is 0 Å². The van der Waals surface area contributed by atoms with E-state index in [1.54, 1.807) is 13.0 Å². The van der Waals surface area contributed by atoms with Gasteiger partial charge in [0.05, 0.1) is 5.69 Å². The van der Waals surface area contributed by atoms with Gasteiger partial charge in [0.1, 0.15) is 0 Å². The van der Waals surface area contributed by atoms with Gasteiger partial charge in [0.25, 0.3) is 5.91 Å². The lowest BCUT2D eigenvalue weighted by Crippen LogP contribution is -2.27. The molecule has 15 heavy (non-hydrogen) atoms. The molecule has 1 amide bonds. The van der Waals surface area contributed by atoms with Gasteiger partial charge in [0, 0.05) is 12.6 Å². The Morgan fingerprint density at radius 3 is 2.93 bits per heavy atom. The number of aryl methyl sites for hydroxylation is 1. The molecular formula is C11H16N2O2. The molecule has 4 heteroatoms.